The number of carbonyl (C=O) groups is 1. The molecule has 2 aromatic rings. The van der Waals surface area contributed by atoms with Crippen molar-refractivity contribution >= 4 is 11.9 Å². The third-order valence-corrected chi connectivity index (χ3v) is 4.05. The first-order valence-corrected chi connectivity index (χ1v) is 7.62. The number of aromatic nitrogens is 2. The van der Waals surface area contributed by atoms with Gasteiger partial charge < -0.3 is 0 Å². The molecule has 114 valence electrons. The van der Waals surface area contributed by atoms with E-state index in [0.29, 0.717) is 11.1 Å². The Labute approximate surface area is 128 Å². The number of rotatable bonds is 3. The highest BCUT2D eigenvalue weighted by molar-refractivity contribution is 5.91. The number of nitrogens with zero attached hydrogens (tertiary/aromatic N) is 2. The molecule has 1 fully saturated rings. The van der Waals surface area contributed by atoms with Crippen molar-refractivity contribution in [2.24, 2.45) is 5.92 Å². The minimum Gasteiger partial charge on any atom is -0.294 e. The Bertz CT molecular complexity index is 651. The average Bonchev–Trinajstić information content (AvgIpc) is 2.57. The first kappa shape index (κ1) is 14.6. The Hall–Kier alpha value is -2.30. The lowest BCUT2D eigenvalue weighted by atomic mass is 9.89. The predicted molar refractivity (Wildman–Crippen MR) is 82.6 cm³/mol. The molecule has 3 rings (SSSR count). The first-order chi connectivity index (χ1) is 10.7. The number of hydrogen-bond acceptors (Lipinski definition) is 3. The Kier molecular flexibility index (Phi) is 4.42. The van der Waals surface area contributed by atoms with Crippen molar-refractivity contribution in [2.75, 3.05) is 5.32 Å². The molecule has 1 saturated carbocycles. The van der Waals surface area contributed by atoms with Crippen LogP contribution < -0.4 is 5.32 Å². The minimum absolute atomic E-state index is 0.0154. The smallest absolute Gasteiger partial charge is 0.229 e. The number of benzene rings is 1. The topological polar surface area (TPSA) is 54.9 Å². The molecule has 0 spiro atoms. The van der Waals surface area contributed by atoms with Crippen molar-refractivity contribution in [3.05, 3.63) is 42.5 Å². The molecule has 22 heavy (non-hydrogen) atoms. The van der Waals surface area contributed by atoms with E-state index in [0.717, 1.165) is 25.7 Å². The summed E-state index contributed by atoms with van der Waals surface area (Å²) in [7, 11) is 0. The van der Waals surface area contributed by atoms with Gasteiger partial charge in [0.2, 0.25) is 11.9 Å². The summed E-state index contributed by atoms with van der Waals surface area (Å²) in [6, 6.07) is 6.47. The molecule has 0 atom stereocenters. The van der Waals surface area contributed by atoms with Crippen molar-refractivity contribution < 1.29 is 9.18 Å². The molecular formula is C17H18FN3O. The van der Waals surface area contributed by atoms with Crippen LogP contribution in [0.4, 0.5) is 10.3 Å². The zero-order valence-corrected chi connectivity index (χ0v) is 12.3. The lowest BCUT2D eigenvalue weighted by molar-refractivity contribution is -0.120. The van der Waals surface area contributed by atoms with Crippen LogP contribution in [-0.2, 0) is 4.79 Å². The third kappa shape index (κ3) is 3.30. The summed E-state index contributed by atoms with van der Waals surface area (Å²) >= 11 is 0. The molecular weight excluding hydrogens is 281 g/mol. The second-order valence-electron chi connectivity index (χ2n) is 5.60. The summed E-state index contributed by atoms with van der Waals surface area (Å²) in [6.07, 6.45) is 8.33. The number of amides is 1. The molecule has 0 saturated heterocycles. The normalized spacial score (nSPS) is 15.5. The Morgan fingerprint density at radius 1 is 1.09 bits per heavy atom. The lowest BCUT2D eigenvalue weighted by Crippen LogP contribution is -2.25. The maximum absolute atomic E-state index is 13.7. The van der Waals surface area contributed by atoms with Gasteiger partial charge in [-0.05, 0) is 18.9 Å². The van der Waals surface area contributed by atoms with Crippen LogP contribution in [0.5, 0.6) is 0 Å². The van der Waals surface area contributed by atoms with Crippen LogP contribution in [0.25, 0.3) is 11.1 Å². The quantitative estimate of drug-likeness (QED) is 0.937. The molecule has 1 aromatic heterocycles. The van der Waals surface area contributed by atoms with E-state index in [4.69, 9.17) is 0 Å². The summed E-state index contributed by atoms with van der Waals surface area (Å²) in [5.41, 5.74) is 1.04. The van der Waals surface area contributed by atoms with Gasteiger partial charge in [-0.25, -0.2) is 14.4 Å². The van der Waals surface area contributed by atoms with E-state index in [9.17, 15) is 9.18 Å². The molecule has 4 nitrogen and oxygen atoms in total. The van der Waals surface area contributed by atoms with Crippen LogP contribution in [-0.4, -0.2) is 15.9 Å². The Morgan fingerprint density at radius 2 is 1.77 bits per heavy atom. The molecule has 5 heteroatoms. The molecule has 0 aliphatic heterocycles. The van der Waals surface area contributed by atoms with Crippen molar-refractivity contribution in [1.29, 1.82) is 0 Å². The molecule has 0 bridgehead atoms. The van der Waals surface area contributed by atoms with Crippen molar-refractivity contribution in [3.63, 3.8) is 0 Å². The van der Waals surface area contributed by atoms with Gasteiger partial charge in [0, 0.05) is 29.4 Å². The fourth-order valence-electron chi connectivity index (χ4n) is 2.80. The minimum atomic E-state index is -0.315. The van der Waals surface area contributed by atoms with Gasteiger partial charge in [-0.2, -0.15) is 0 Å². The van der Waals surface area contributed by atoms with E-state index in [1.54, 1.807) is 18.2 Å². The second-order valence-corrected chi connectivity index (χ2v) is 5.60. The van der Waals surface area contributed by atoms with E-state index >= 15 is 0 Å². The van der Waals surface area contributed by atoms with Crippen LogP contribution in [0.3, 0.4) is 0 Å². The van der Waals surface area contributed by atoms with E-state index in [1.807, 2.05) is 0 Å². The SMILES string of the molecule is O=C(Nc1ncc(-c2ccccc2F)cn1)C1CCCCC1. The van der Waals surface area contributed by atoms with Crippen molar-refractivity contribution in [1.82, 2.24) is 9.97 Å². The summed E-state index contributed by atoms with van der Waals surface area (Å²) in [6.45, 7) is 0. The molecule has 0 unspecified atom stereocenters. The van der Waals surface area contributed by atoms with Crippen LogP contribution in [0, 0.1) is 11.7 Å². The maximum atomic E-state index is 13.7. The average molecular weight is 299 g/mol. The van der Waals surface area contributed by atoms with Crippen LogP contribution >= 0.6 is 0 Å². The lowest BCUT2D eigenvalue weighted by Gasteiger charge is -2.20. The van der Waals surface area contributed by atoms with Crippen molar-refractivity contribution in [2.45, 2.75) is 32.1 Å². The highest BCUT2D eigenvalue weighted by Crippen LogP contribution is 2.25. The van der Waals surface area contributed by atoms with Gasteiger partial charge >= 0.3 is 0 Å². The predicted octanol–water partition coefficient (Wildman–Crippen LogP) is 3.80. The van der Waals surface area contributed by atoms with Gasteiger partial charge in [0.05, 0.1) is 0 Å². The highest BCUT2D eigenvalue weighted by Gasteiger charge is 2.21. The van der Waals surface area contributed by atoms with E-state index in [2.05, 4.69) is 15.3 Å². The van der Waals surface area contributed by atoms with Crippen molar-refractivity contribution in [3.8, 4) is 11.1 Å². The highest BCUT2D eigenvalue weighted by atomic mass is 19.1. The third-order valence-electron chi connectivity index (χ3n) is 4.05. The molecule has 1 N–H and O–H groups in total. The number of hydrogen-bond donors (Lipinski definition) is 1. The van der Waals surface area contributed by atoms with Crippen LogP contribution in [0.15, 0.2) is 36.7 Å². The summed E-state index contributed by atoms with van der Waals surface area (Å²) < 4.78 is 13.7. The second kappa shape index (κ2) is 6.64. The summed E-state index contributed by atoms with van der Waals surface area (Å²) in [5.74, 6) is 0.00249. The monoisotopic (exact) mass is 299 g/mol. The number of halogens is 1. The molecule has 1 aromatic carbocycles. The molecule has 1 amide bonds. The number of anilines is 1. The van der Waals surface area contributed by atoms with Crippen LogP contribution in [0.1, 0.15) is 32.1 Å². The largest absolute Gasteiger partial charge is 0.294 e. The van der Waals surface area contributed by atoms with Gasteiger partial charge in [-0.15, -0.1) is 0 Å². The van der Waals surface area contributed by atoms with E-state index in [-0.39, 0.29) is 23.6 Å². The molecule has 1 aliphatic carbocycles. The Balaban J connectivity index is 1.69. The standard InChI is InChI=1S/C17H18FN3O/c18-15-9-5-4-8-14(15)13-10-19-17(20-11-13)21-16(22)12-6-2-1-3-7-12/h4-5,8-12H,1-3,6-7H2,(H,19,20,21,22). The fourth-order valence-corrected chi connectivity index (χ4v) is 2.80. The van der Waals surface area contributed by atoms with Gasteiger partial charge in [0.15, 0.2) is 0 Å². The van der Waals surface area contributed by atoms with E-state index in [1.165, 1.54) is 24.9 Å². The number of carbonyl (C=O) groups excluding carboxylic acids is 1. The van der Waals surface area contributed by atoms with Gasteiger partial charge in [-0.1, -0.05) is 37.5 Å². The Morgan fingerprint density at radius 3 is 2.45 bits per heavy atom. The molecule has 1 heterocycles. The van der Waals surface area contributed by atoms with Gasteiger partial charge in [-0.3, -0.25) is 10.1 Å². The molecule has 0 radical (unpaired) electrons. The molecule has 1 aliphatic rings. The fraction of sp³-hybridized carbons (Fsp3) is 0.353. The van der Waals surface area contributed by atoms with E-state index < -0.39 is 0 Å². The first-order valence-electron chi connectivity index (χ1n) is 7.62. The van der Waals surface area contributed by atoms with Gasteiger partial charge in [0.1, 0.15) is 5.82 Å². The van der Waals surface area contributed by atoms with Crippen LogP contribution in [0.2, 0.25) is 0 Å². The van der Waals surface area contributed by atoms with Gasteiger partial charge in [0.25, 0.3) is 0 Å². The summed E-state index contributed by atoms with van der Waals surface area (Å²) in [4.78, 5) is 20.4. The zero-order valence-electron chi connectivity index (χ0n) is 12.3. The maximum Gasteiger partial charge on any atom is 0.229 e. The summed E-state index contributed by atoms with van der Waals surface area (Å²) in [5, 5.41) is 2.75. The zero-order chi connectivity index (χ0) is 15.4. The number of nitrogens with one attached hydrogen (secondary N) is 1.